The zero-order valence-corrected chi connectivity index (χ0v) is 12.4. The third-order valence-corrected chi connectivity index (χ3v) is 5.34. The largest absolute Gasteiger partial charge is 0.267 e. The van der Waals surface area contributed by atoms with Crippen LogP contribution in [0.5, 0.6) is 0 Å². The molecule has 1 saturated heterocycles. The summed E-state index contributed by atoms with van der Waals surface area (Å²) in [7, 11) is -3.62. The lowest BCUT2D eigenvalue weighted by Crippen LogP contribution is -2.12. The highest BCUT2D eigenvalue weighted by atomic mass is 32.2. The summed E-state index contributed by atoms with van der Waals surface area (Å²) in [5.74, 6) is 0. The van der Waals surface area contributed by atoms with Crippen LogP contribution < -0.4 is 0 Å². The molecule has 22 heavy (non-hydrogen) atoms. The van der Waals surface area contributed by atoms with Gasteiger partial charge >= 0.3 is 0 Å². The predicted molar refractivity (Wildman–Crippen MR) is 83.2 cm³/mol. The fourth-order valence-electron chi connectivity index (χ4n) is 2.59. The maximum absolute atomic E-state index is 12.5. The maximum Gasteiger partial charge on any atom is 0.267 e. The summed E-state index contributed by atoms with van der Waals surface area (Å²) < 4.78 is 26.1. The molecule has 1 aliphatic rings. The summed E-state index contributed by atoms with van der Waals surface area (Å²) in [4.78, 5) is 5.61. The van der Waals surface area contributed by atoms with Crippen LogP contribution in [-0.2, 0) is 14.9 Å². The molecular formula is C17H13NO3S. The summed E-state index contributed by atoms with van der Waals surface area (Å²) >= 11 is 0. The third kappa shape index (κ3) is 2.11. The van der Waals surface area contributed by atoms with Gasteiger partial charge in [0.2, 0.25) is 0 Å². The van der Waals surface area contributed by atoms with Crippen LogP contribution in [-0.4, -0.2) is 12.9 Å². The average Bonchev–Trinajstić information content (AvgIpc) is 3.36. The number of nitrogens with zero attached hydrogens (tertiary/aromatic N) is 1. The fourth-order valence-corrected chi connectivity index (χ4v) is 3.86. The molecule has 2 unspecified atom stereocenters. The van der Waals surface area contributed by atoms with Crippen molar-refractivity contribution in [2.24, 2.45) is 0 Å². The van der Waals surface area contributed by atoms with Crippen molar-refractivity contribution in [2.75, 3.05) is 0 Å². The Morgan fingerprint density at radius 2 is 1.50 bits per heavy atom. The summed E-state index contributed by atoms with van der Waals surface area (Å²) in [6, 6.07) is 22.0. The summed E-state index contributed by atoms with van der Waals surface area (Å²) in [6.45, 7) is 0. The second-order valence-electron chi connectivity index (χ2n) is 5.10. The van der Waals surface area contributed by atoms with Crippen LogP contribution in [0.25, 0.3) is 10.8 Å². The Bertz CT molecular complexity index is 933. The van der Waals surface area contributed by atoms with Crippen LogP contribution in [0.2, 0.25) is 0 Å². The van der Waals surface area contributed by atoms with E-state index in [1.807, 2.05) is 42.5 Å². The Balaban J connectivity index is 1.73. The Morgan fingerprint density at radius 1 is 0.818 bits per heavy atom. The van der Waals surface area contributed by atoms with E-state index in [2.05, 4.69) is 0 Å². The fraction of sp³-hybridized carbons (Fsp3) is 0.0588. The standard InChI is InChI=1S/C17H13NO3S/c19-22(20,14-9-2-1-3-10-14)18-17(21-18)16-12-6-8-13-7-4-5-11-15(13)16/h1-12,17H. The lowest BCUT2D eigenvalue weighted by Gasteiger charge is -2.04. The topological polar surface area (TPSA) is 49.7 Å². The number of hydrogen-bond acceptors (Lipinski definition) is 3. The molecule has 3 aromatic carbocycles. The van der Waals surface area contributed by atoms with Crippen molar-refractivity contribution in [3.63, 3.8) is 0 Å². The van der Waals surface area contributed by atoms with E-state index in [1.165, 1.54) is 0 Å². The van der Waals surface area contributed by atoms with Crippen molar-refractivity contribution in [3.05, 3.63) is 78.4 Å². The Hall–Kier alpha value is -2.21. The summed E-state index contributed by atoms with van der Waals surface area (Å²) in [6.07, 6.45) is -0.559. The number of hydrogen-bond donors (Lipinski definition) is 0. The molecule has 0 amide bonds. The van der Waals surface area contributed by atoms with Gasteiger partial charge in [0, 0.05) is 5.56 Å². The van der Waals surface area contributed by atoms with Gasteiger partial charge in [0.15, 0.2) is 6.23 Å². The summed E-state index contributed by atoms with van der Waals surface area (Å²) in [5.41, 5.74) is 0.859. The quantitative estimate of drug-likeness (QED) is 0.696. The molecule has 0 saturated carbocycles. The second kappa shape index (κ2) is 4.91. The monoisotopic (exact) mass is 311 g/mol. The van der Waals surface area contributed by atoms with Gasteiger partial charge in [-0.1, -0.05) is 60.7 Å². The van der Waals surface area contributed by atoms with Crippen molar-refractivity contribution in [3.8, 4) is 0 Å². The zero-order chi connectivity index (χ0) is 15.2. The molecule has 4 nitrogen and oxygen atoms in total. The van der Waals surface area contributed by atoms with Gasteiger partial charge in [-0.15, -0.1) is 0 Å². The Morgan fingerprint density at radius 3 is 2.32 bits per heavy atom. The van der Waals surface area contributed by atoms with Crippen LogP contribution in [0.1, 0.15) is 11.8 Å². The number of rotatable bonds is 3. The van der Waals surface area contributed by atoms with Gasteiger partial charge in [-0.25, -0.2) is 8.42 Å². The van der Waals surface area contributed by atoms with E-state index in [4.69, 9.17) is 4.84 Å². The first-order valence-electron chi connectivity index (χ1n) is 6.92. The Labute approximate surface area is 128 Å². The molecule has 110 valence electrons. The van der Waals surface area contributed by atoms with Crippen LogP contribution in [0.4, 0.5) is 0 Å². The van der Waals surface area contributed by atoms with E-state index >= 15 is 0 Å². The molecule has 0 radical (unpaired) electrons. The molecule has 2 atom stereocenters. The molecule has 5 heteroatoms. The van der Waals surface area contributed by atoms with Crippen molar-refractivity contribution in [1.82, 2.24) is 4.47 Å². The van der Waals surface area contributed by atoms with Gasteiger partial charge in [-0.2, -0.15) is 0 Å². The lowest BCUT2D eigenvalue weighted by molar-refractivity contribution is 0.283. The molecule has 4 rings (SSSR count). The van der Waals surface area contributed by atoms with Crippen LogP contribution in [0, 0.1) is 0 Å². The van der Waals surface area contributed by atoms with Crippen molar-refractivity contribution in [1.29, 1.82) is 0 Å². The molecule has 0 N–H and O–H groups in total. The van der Waals surface area contributed by atoms with Gasteiger partial charge < -0.3 is 0 Å². The second-order valence-corrected chi connectivity index (χ2v) is 6.88. The molecular weight excluding hydrogens is 298 g/mol. The van der Waals surface area contributed by atoms with E-state index in [0.717, 1.165) is 20.8 Å². The lowest BCUT2D eigenvalue weighted by atomic mass is 10.0. The molecule has 1 aliphatic heterocycles. The van der Waals surface area contributed by atoms with Crippen LogP contribution in [0.15, 0.2) is 77.7 Å². The molecule has 0 bridgehead atoms. The molecule has 0 aliphatic carbocycles. The predicted octanol–water partition coefficient (Wildman–Crippen LogP) is 3.47. The molecule has 1 heterocycles. The SMILES string of the molecule is O=S(=O)(c1ccccc1)N1OC1c1cccc2ccccc12. The first-order chi connectivity index (χ1) is 10.7. The minimum atomic E-state index is -3.62. The van der Waals surface area contributed by atoms with E-state index < -0.39 is 16.3 Å². The van der Waals surface area contributed by atoms with Gasteiger partial charge in [-0.3, -0.25) is 4.84 Å². The van der Waals surface area contributed by atoms with Crippen molar-refractivity contribution < 1.29 is 13.3 Å². The summed E-state index contributed by atoms with van der Waals surface area (Å²) in [5, 5.41) is 2.06. The number of benzene rings is 3. The molecule has 0 spiro atoms. The average molecular weight is 311 g/mol. The highest BCUT2D eigenvalue weighted by Crippen LogP contribution is 2.44. The third-order valence-electron chi connectivity index (χ3n) is 3.72. The zero-order valence-electron chi connectivity index (χ0n) is 11.6. The van der Waals surface area contributed by atoms with Gasteiger partial charge in [0.25, 0.3) is 10.0 Å². The minimum absolute atomic E-state index is 0.234. The highest BCUT2D eigenvalue weighted by Gasteiger charge is 2.49. The van der Waals surface area contributed by atoms with E-state index in [1.54, 1.807) is 30.3 Å². The van der Waals surface area contributed by atoms with Crippen LogP contribution in [0.3, 0.4) is 0 Å². The molecule has 1 fully saturated rings. The smallest absolute Gasteiger partial charge is 0.253 e. The maximum atomic E-state index is 12.5. The van der Waals surface area contributed by atoms with Crippen LogP contribution >= 0.6 is 0 Å². The molecule has 0 aromatic heterocycles. The number of hydroxylamine groups is 1. The first kappa shape index (κ1) is 13.5. The van der Waals surface area contributed by atoms with E-state index in [0.29, 0.717) is 0 Å². The van der Waals surface area contributed by atoms with E-state index in [9.17, 15) is 8.42 Å². The highest BCUT2D eigenvalue weighted by molar-refractivity contribution is 7.89. The van der Waals surface area contributed by atoms with Crippen molar-refractivity contribution >= 4 is 20.8 Å². The normalized spacial score (nSPS) is 20.9. The van der Waals surface area contributed by atoms with Gasteiger partial charge in [-0.05, 0) is 27.4 Å². The van der Waals surface area contributed by atoms with Gasteiger partial charge in [0.05, 0.1) is 4.90 Å². The number of sulfonamides is 1. The van der Waals surface area contributed by atoms with Gasteiger partial charge in [0.1, 0.15) is 0 Å². The number of fused-ring (bicyclic) bond motifs is 1. The molecule has 3 aromatic rings. The van der Waals surface area contributed by atoms with Crippen molar-refractivity contribution in [2.45, 2.75) is 11.1 Å². The Kier molecular flexibility index (Phi) is 3.00. The first-order valence-corrected chi connectivity index (χ1v) is 8.36. The minimum Gasteiger partial charge on any atom is -0.253 e. The van der Waals surface area contributed by atoms with E-state index in [-0.39, 0.29) is 4.90 Å².